The second kappa shape index (κ2) is 7.28. The molecule has 0 radical (unpaired) electrons. The molecular weight excluding hydrogens is 331 g/mol. The minimum absolute atomic E-state index is 0.0922. The zero-order chi connectivity index (χ0) is 18.8. The Morgan fingerprint density at radius 1 is 1.19 bits per heavy atom. The van der Waals surface area contributed by atoms with Crippen LogP contribution in [0.5, 0.6) is 0 Å². The Morgan fingerprint density at radius 2 is 1.92 bits per heavy atom. The number of carbonyl (C=O) groups excluding carboxylic acids is 2. The maximum absolute atomic E-state index is 13.9. The summed E-state index contributed by atoms with van der Waals surface area (Å²) < 4.78 is 13.9. The van der Waals surface area contributed by atoms with Gasteiger partial charge in [-0.25, -0.2) is 4.39 Å². The summed E-state index contributed by atoms with van der Waals surface area (Å²) in [6.07, 6.45) is 0. The Labute approximate surface area is 153 Å². The fourth-order valence-electron chi connectivity index (χ4n) is 3.41. The number of benzene rings is 2. The lowest BCUT2D eigenvalue weighted by molar-refractivity contribution is -0.135. The summed E-state index contributed by atoms with van der Waals surface area (Å²) in [5, 5.41) is 2.58. The van der Waals surface area contributed by atoms with E-state index < -0.39 is 17.6 Å². The van der Waals surface area contributed by atoms with Crippen molar-refractivity contribution in [3.8, 4) is 0 Å². The first-order valence-electron chi connectivity index (χ1n) is 8.78. The predicted octanol–water partition coefficient (Wildman–Crippen LogP) is 3.76. The lowest BCUT2D eigenvalue weighted by Gasteiger charge is -2.18. The molecule has 1 N–H and O–H groups in total. The minimum Gasteiger partial charge on any atom is -0.344 e. The summed E-state index contributed by atoms with van der Waals surface area (Å²) in [5.41, 5.74) is 2.22. The maximum Gasteiger partial charge on any atom is 0.237 e. The molecule has 2 atom stereocenters. The molecule has 1 saturated heterocycles. The summed E-state index contributed by atoms with van der Waals surface area (Å²) in [6.45, 7) is 4.68. The molecule has 0 unspecified atom stereocenters. The second-order valence-corrected chi connectivity index (χ2v) is 7.10. The zero-order valence-electron chi connectivity index (χ0n) is 15.2. The highest BCUT2D eigenvalue weighted by molar-refractivity contribution is 6.08. The standard InChI is InChI=1S/C21H23FN2O2/c1-13(2)14-7-6-8-15(11-14)16-12-24(3)21(26)19(16)20(25)23-18-10-5-4-9-17(18)22/h4-11,13,16,19H,12H2,1-3H3,(H,23,25)/t16-,19+/m1/s1. The van der Waals surface area contributed by atoms with E-state index in [1.54, 1.807) is 24.1 Å². The Balaban J connectivity index is 1.90. The number of rotatable bonds is 4. The van der Waals surface area contributed by atoms with E-state index in [9.17, 15) is 14.0 Å². The number of likely N-dealkylation sites (N-methyl/N-ethyl adjacent to an activating group) is 1. The summed E-state index contributed by atoms with van der Waals surface area (Å²) in [5.74, 6) is -1.98. The van der Waals surface area contributed by atoms with Gasteiger partial charge in [-0.2, -0.15) is 0 Å². The lowest BCUT2D eigenvalue weighted by atomic mass is 9.86. The number of para-hydroxylation sites is 1. The van der Waals surface area contributed by atoms with Crippen molar-refractivity contribution in [3.63, 3.8) is 0 Å². The third-order valence-corrected chi connectivity index (χ3v) is 4.93. The van der Waals surface area contributed by atoms with Gasteiger partial charge in [-0.05, 0) is 29.2 Å². The van der Waals surface area contributed by atoms with Crippen molar-refractivity contribution >= 4 is 17.5 Å². The first-order valence-corrected chi connectivity index (χ1v) is 8.78. The topological polar surface area (TPSA) is 49.4 Å². The first-order chi connectivity index (χ1) is 12.4. The highest BCUT2D eigenvalue weighted by Gasteiger charge is 2.44. The van der Waals surface area contributed by atoms with Crippen molar-refractivity contribution in [1.82, 2.24) is 4.90 Å². The van der Waals surface area contributed by atoms with Crippen molar-refractivity contribution in [2.45, 2.75) is 25.7 Å². The number of likely N-dealkylation sites (tertiary alicyclic amines) is 1. The molecule has 4 nitrogen and oxygen atoms in total. The highest BCUT2D eigenvalue weighted by atomic mass is 19.1. The van der Waals surface area contributed by atoms with Gasteiger partial charge in [0.1, 0.15) is 11.7 Å². The van der Waals surface area contributed by atoms with Crippen LogP contribution in [0, 0.1) is 11.7 Å². The van der Waals surface area contributed by atoms with E-state index in [0.29, 0.717) is 12.5 Å². The molecule has 0 aromatic heterocycles. The van der Waals surface area contributed by atoms with Crippen LogP contribution >= 0.6 is 0 Å². The van der Waals surface area contributed by atoms with Crippen molar-refractivity contribution in [3.05, 3.63) is 65.5 Å². The molecule has 1 fully saturated rings. The largest absolute Gasteiger partial charge is 0.344 e. The van der Waals surface area contributed by atoms with E-state index in [1.807, 2.05) is 18.2 Å². The molecule has 0 saturated carbocycles. The van der Waals surface area contributed by atoms with E-state index in [4.69, 9.17) is 0 Å². The highest BCUT2D eigenvalue weighted by Crippen LogP contribution is 2.35. The summed E-state index contributed by atoms with van der Waals surface area (Å²) in [6, 6.07) is 14.0. The van der Waals surface area contributed by atoms with E-state index >= 15 is 0 Å². The molecule has 26 heavy (non-hydrogen) atoms. The Kier molecular flexibility index (Phi) is 5.07. The molecule has 0 aliphatic carbocycles. The van der Waals surface area contributed by atoms with Gasteiger partial charge in [-0.3, -0.25) is 9.59 Å². The average Bonchev–Trinajstić information content (AvgIpc) is 2.92. The quantitative estimate of drug-likeness (QED) is 0.850. The molecule has 136 valence electrons. The number of nitrogens with zero attached hydrogens (tertiary/aromatic N) is 1. The normalized spacial score (nSPS) is 19.9. The van der Waals surface area contributed by atoms with Gasteiger partial charge in [0.05, 0.1) is 5.69 Å². The molecule has 3 rings (SSSR count). The van der Waals surface area contributed by atoms with Gasteiger partial charge in [-0.1, -0.05) is 50.2 Å². The van der Waals surface area contributed by atoms with Crippen LogP contribution in [0.2, 0.25) is 0 Å². The second-order valence-electron chi connectivity index (χ2n) is 7.10. The van der Waals surface area contributed by atoms with Gasteiger partial charge in [-0.15, -0.1) is 0 Å². The number of hydrogen-bond donors (Lipinski definition) is 1. The fraction of sp³-hybridized carbons (Fsp3) is 0.333. The van der Waals surface area contributed by atoms with E-state index in [0.717, 1.165) is 11.1 Å². The van der Waals surface area contributed by atoms with Gasteiger partial charge >= 0.3 is 0 Å². The van der Waals surface area contributed by atoms with Crippen molar-refractivity contribution < 1.29 is 14.0 Å². The fourth-order valence-corrected chi connectivity index (χ4v) is 3.41. The monoisotopic (exact) mass is 354 g/mol. The summed E-state index contributed by atoms with van der Waals surface area (Å²) in [7, 11) is 1.69. The Hall–Kier alpha value is -2.69. The van der Waals surface area contributed by atoms with Crippen LogP contribution in [-0.2, 0) is 9.59 Å². The Bertz CT molecular complexity index is 834. The van der Waals surface area contributed by atoms with Crippen molar-refractivity contribution in [1.29, 1.82) is 0 Å². The average molecular weight is 354 g/mol. The molecule has 2 amide bonds. The predicted molar refractivity (Wildman–Crippen MR) is 99.4 cm³/mol. The van der Waals surface area contributed by atoms with E-state index in [2.05, 4.69) is 25.2 Å². The number of nitrogens with one attached hydrogen (secondary N) is 1. The molecule has 1 heterocycles. The molecule has 5 heteroatoms. The molecule has 1 aliphatic rings. The summed E-state index contributed by atoms with van der Waals surface area (Å²) in [4.78, 5) is 27.0. The zero-order valence-corrected chi connectivity index (χ0v) is 15.2. The minimum atomic E-state index is -0.859. The summed E-state index contributed by atoms with van der Waals surface area (Å²) >= 11 is 0. The molecule has 2 aromatic rings. The van der Waals surface area contributed by atoms with Gasteiger partial charge in [0, 0.05) is 19.5 Å². The van der Waals surface area contributed by atoms with Crippen LogP contribution in [0.1, 0.15) is 36.8 Å². The first kappa shape index (κ1) is 18.1. The number of hydrogen-bond acceptors (Lipinski definition) is 2. The van der Waals surface area contributed by atoms with Gasteiger partial charge in [0.25, 0.3) is 0 Å². The smallest absolute Gasteiger partial charge is 0.237 e. The molecule has 0 bridgehead atoms. The van der Waals surface area contributed by atoms with E-state index in [1.165, 1.54) is 12.1 Å². The van der Waals surface area contributed by atoms with Crippen LogP contribution < -0.4 is 5.32 Å². The van der Waals surface area contributed by atoms with Crippen LogP contribution in [0.4, 0.5) is 10.1 Å². The number of carbonyl (C=O) groups is 2. The Morgan fingerprint density at radius 3 is 2.62 bits per heavy atom. The van der Waals surface area contributed by atoms with Gasteiger partial charge in [0.2, 0.25) is 11.8 Å². The van der Waals surface area contributed by atoms with Crippen LogP contribution in [-0.4, -0.2) is 30.3 Å². The molecular formula is C21H23FN2O2. The van der Waals surface area contributed by atoms with E-state index in [-0.39, 0.29) is 17.5 Å². The SMILES string of the molecule is CC(C)c1cccc([C@H]2CN(C)C(=O)[C@@H]2C(=O)Nc2ccccc2F)c1. The number of anilines is 1. The molecule has 0 spiro atoms. The number of amides is 2. The third-order valence-electron chi connectivity index (χ3n) is 4.93. The third kappa shape index (κ3) is 3.47. The van der Waals surface area contributed by atoms with Crippen molar-refractivity contribution in [2.75, 3.05) is 18.9 Å². The molecule has 1 aliphatic heterocycles. The van der Waals surface area contributed by atoms with Crippen LogP contribution in [0.3, 0.4) is 0 Å². The number of halogens is 1. The van der Waals surface area contributed by atoms with Crippen molar-refractivity contribution in [2.24, 2.45) is 5.92 Å². The van der Waals surface area contributed by atoms with Crippen LogP contribution in [0.25, 0.3) is 0 Å². The van der Waals surface area contributed by atoms with Crippen LogP contribution in [0.15, 0.2) is 48.5 Å². The molecule has 2 aromatic carbocycles. The maximum atomic E-state index is 13.9. The lowest BCUT2D eigenvalue weighted by Crippen LogP contribution is -2.33. The van der Waals surface area contributed by atoms with Gasteiger partial charge in [0.15, 0.2) is 0 Å². The van der Waals surface area contributed by atoms with Gasteiger partial charge < -0.3 is 10.2 Å².